The molecule has 8 heteroatoms. The molecule has 7 nitrogen and oxygen atoms in total. The van der Waals surface area contributed by atoms with Crippen LogP contribution in [0.5, 0.6) is 0 Å². The lowest BCUT2D eigenvalue weighted by Crippen LogP contribution is -2.18. The Bertz CT molecular complexity index is 1030. The van der Waals surface area contributed by atoms with E-state index in [1.807, 2.05) is 0 Å². The summed E-state index contributed by atoms with van der Waals surface area (Å²) in [5, 5.41) is 15.9. The SMILES string of the molecule is O=C(Nc1ccccc1C(=O)Nc1ccc(F)cc1)c1ccc([N+](=O)[O-])cc1. The van der Waals surface area contributed by atoms with Gasteiger partial charge in [-0.2, -0.15) is 0 Å². The molecule has 0 aliphatic rings. The van der Waals surface area contributed by atoms with Gasteiger partial charge in [0.05, 0.1) is 16.2 Å². The quantitative estimate of drug-likeness (QED) is 0.511. The van der Waals surface area contributed by atoms with Crippen LogP contribution in [-0.4, -0.2) is 16.7 Å². The number of non-ortho nitro benzene ring substituents is 1. The lowest BCUT2D eigenvalue weighted by atomic mass is 10.1. The van der Waals surface area contributed by atoms with Gasteiger partial charge in [0.25, 0.3) is 17.5 Å². The molecule has 3 aromatic rings. The third-order valence-electron chi connectivity index (χ3n) is 3.86. The van der Waals surface area contributed by atoms with E-state index in [9.17, 15) is 24.1 Å². The van der Waals surface area contributed by atoms with Crippen LogP contribution >= 0.6 is 0 Å². The second kappa shape index (κ2) is 8.09. The second-order valence-corrected chi connectivity index (χ2v) is 5.76. The average molecular weight is 379 g/mol. The first-order valence-electron chi connectivity index (χ1n) is 8.16. The number of halogens is 1. The van der Waals surface area contributed by atoms with Crippen LogP contribution in [0.3, 0.4) is 0 Å². The van der Waals surface area contributed by atoms with E-state index in [1.165, 1.54) is 54.6 Å². The highest BCUT2D eigenvalue weighted by atomic mass is 19.1. The highest BCUT2D eigenvalue weighted by Crippen LogP contribution is 2.19. The molecule has 0 saturated heterocycles. The number of rotatable bonds is 5. The molecular weight excluding hydrogens is 365 g/mol. The minimum Gasteiger partial charge on any atom is -0.322 e. The Morgan fingerprint density at radius 1 is 0.821 bits per heavy atom. The van der Waals surface area contributed by atoms with Crippen molar-refractivity contribution in [3.63, 3.8) is 0 Å². The van der Waals surface area contributed by atoms with Crippen LogP contribution in [0.1, 0.15) is 20.7 Å². The fourth-order valence-corrected chi connectivity index (χ4v) is 2.45. The van der Waals surface area contributed by atoms with Crippen LogP contribution in [0.2, 0.25) is 0 Å². The summed E-state index contributed by atoms with van der Waals surface area (Å²) in [6.45, 7) is 0. The molecular formula is C20H14FN3O4. The smallest absolute Gasteiger partial charge is 0.269 e. The highest BCUT2D eigenvalue weighted by molar-refractivity contribution is 6.12. The third-order valence-corrected chi connectivity index (χ3v) is 3.86. The lowest BCUT2D eigenvalue weighted by Gasteiger charge is -2.11. The van der Waals surface area contributed by atoms with E-state index < -0.39 is 22.6 Å². The van der Waals surface area contributed by atoms with E-state index in [1.54, 1.807) is 18.2 Å². The van der Waals surface area contributed by atoms with Gasteiger partial charge in [-0.05, 0) is 48.5 Å². The molecule has 0 radical (unpaired) electrons. The van der Waals surface area contributed by atoms with Crippen molar-refractivity contribution in [2.75, 3.05) is 10.6 Å². The van der Waals surface area contributed by atoms with E-state index in [4.69, 9.17) is 0 Å². The Morgan fingerprint density at radius 2 is 1.46 bits per heavy atom. The van der Waals surface area contributed by atoms with Crippen molar-refractivity contribution in [3.8, 4) is 0 Å². The summed E-state index contributed by atoms with van der Waals surface area (Å²) in [7, 11) is 0. The minimum absolute atomic E-state index is 0.129. The number of nitro benzene ring substituents is 1. The second-order valence-electron chi connectivity index (χ2n) is 5.76. The van der Waals surface area contributed by atoms with Crippen molar-refractivity contribution < 1.29 is 18.9 Å². The zero-order valence-electron chi connectivity index (χ0n) is 14.4. The van der Waals surface area contributed by atoms with Crippen molar-refractivity contribution in [1.29, 1.82) is 0 Å². The molecule has 2 amide bonds. The van der Waals surface area contributed by atoms with E-state index in [2.05, 4.69) is 10.6 Å². The maximum atomic E-state index is 13.0. The van der Waals surface area contributed by atoms with E-state index >= 15 is 0 Å². The monoisotopic (exact) mass is 379 g/mol. The van der Waals surface area contributed by atoms with Crippen LogP contribution in [0, 0.1) is 15.9 Å². The molecule has 0 heterocycles. The average Bonchev–Trinajstić information content (AvgIpc) is 2.70. The number of anilines is 2. The first-order valence-corrected chi connectivity index (χ1v) is 8.16. The molecule has 3 aromatic carbocycles. The summed E-state index contributed by atoms with van der Waals surface area (Å²) >= 11 is 0. The number of nitrogens with zero attached hydrogens (tertiary/aromatic N) is 1. The zero-order valence-corrected chi connectivity index (χ0v) is 14.4. The number of para-hydroxylation sites is 1. The molecule has 0 aliphatic heterocycles. The van der Waals surface area contributed by atoms with Gasteiger partial charge in [-0.1, -0.05) is 12.1 Å². The largest absolute Gasteiger partial charge is 0.322 e. The fraction of sp³-hybridized carbons (Fsp3) is 0. The molecule has 2 N–H and O–H groups in total. The molecule has 0 aromatic heterocycles. The molecule has 28 heavy (non-hydrogen) atoms. The predicted octanol–water partition coefficient (Wildman–Crippen LogP) is 4.24. The van der Waals surface area contributed by atoms with Gasteiger partial charge in [-0.15, -0.1) is 0 Å². The van der Waals surface area contributed by atoms with Gasteiger partial charge in [0, 0.05) is 23.4 Å². The van der Waals surface area contributed by atoms with Crippen molar-refractivity contribution in [2.45, 2.75) is 0 Å². The number of hydrogen-bond donors (Lipinski definition) is 2. The molecule has 3 rings (SSSR count). The van der Waals surface area contributed by atoms with Crippen molar-refractivity contribution in [3.05, 3.63) is 99.9 Å². The minimum atomic E-state index is -0.559. The first kappa shape index (κ1) is 18.7. The summed E-state index contributed by atoms with van der Waals surface area (Å²) in [6, 6.07) is 16.8. The van der Waals surface area contributed by atoms with Gasteiger partial charge < -0.3 is 10.6 Å². The highest BCUT2D eigenvalue weighted by Gasteiger charge is 2.15. The first-order chi connectivity index (χ1) is 13.4. The summed E-state index contributed by atoms with van der Waals surface area (Å²) < 4.78 is 13.0. The Morgan fingerprint density at radius 3 is 2.11 bits per heavy atom. The number of nitrogens with one attached hydrogen (secondary N) is 2. The van der Waals surface area contributed by atoms with Crippen LogP contribution in [0.15, 0.2) is 72.8 Å². The van der Waals surface area contributed by atoms with Gasteiger partial charge in [0.2, 0.25) is 0 Å². The topological polar surface area (TPSA) is 101 Å². The molecule has 0 saturated carbocycles. The van der Waals surface area contributed by atoms with Gasteiger partial charge in [-0.3, -0.25) is 19.7 Å². The number of carbonyl (C=O) groups is 2. The van der Waals surface area contributed by atoms with Crippen molar-refractivity contribution in [1.82, 2.24) is 0 Å². The van der Waals surface area contributed by atoms with Gasteiger partial charge in [-0.25, -0.2) is 4.39 Å². The summed E-state index contributed by atoms with van der Waals surface area (Å²) in [5.41, 5.74) is 0.963. The summed E-state index contributed by atoms with van der Waals surface area (Å²) in [6.07, 6.45) is 0. The number of nitro groups is 1. The fourth-order valence-electron chi connectivity index (χ4n) is 2.45. The lowest BCUT2D eigenvalue weighted by molar-refractivity contribution is -0.384. The van der Waals surface area contributed by atoms with Gasteiger partial charge in [0.1, 0.15) is 5.82 Å². The van der Waals surface area contributed by atoms with Gasteiger partial charge in [0.15, 0.2) is 0 Å². The Kier molecular flexibility index (Phi) is 5.40. The summed E-state index contributed by atoms with van der Waals surface area (Å²) in [4.78, 5) is 35.1. The van der Waals surface area contributed by atoms with E-state index in [0.717, 1.165) is 0 Å². The Balaban J connectivity index is 1.77. The molecule has 0 bridgehead atoms. The summed E-state index contributed by atoms with van der Waals surface area (Å²) in [5.74, 6) is -1.42. The van der Waals surface area contributed by atoms with Gasteiger partial charge >= 0.3 is 0 Å². The van der Waals surface area contributed by atoms with Crippen LogP contribution in [0.25, 0.3) is 0 Å². The van der Waals surface area contributed by atoms with Crippen LogP contribution < -0.4 is 10.6 Å². The van der Waals surface area contributed by atoms with E-state index in [-0.39, 0.29) is 22.5 Å². The zero-order chi connectivity index (χ0) is 20.1. The number of benzene rings is 3. The molecule has 0 aliphatic carbocycles. The predicted molar refractivity (Wildman–Crippen MR) is 102 cm³/mol. The molecule has 0 fully saturated rings. The Labute approximate surface area is 159 Å². The molecule has 0 unspecified atom stereocenters. The maximum Gasteiger partial charge on any atom is 0.269 e. The number of hydrogen-bond acceptors (Lipinski definition) is 4. The normalized spacial score (nSPS) is 10.2. The van der Waals surface area contributed by atoms with E-state index in [0.29, 0.717) is 5.69 Å². The maximum absolute atomic E-state index is 13.0. The number of carbonyl (C=O) groups excluding carboxylic acids is 2. The van der Waals surface area contributed by atoms with Crippen molar-refractivity contribution >= 4 is 28.9 Å². The molecule has 0 spiro atoms. The van der Waals surface area contributed by atoms with Crippen LogP contribution in [0.4, 0.5) is 21.5 Å². The number of amides is 2. The molecule has 0 atom stereocenters. The Hall–Kier alpha value is -4.07. The standard InChI is InChI=1S/C20H14FN3O4/c21-14-7-9-15(10-8-14)22-20(26)17-3-1-2-4-18(17)23-19(25)13-5-11-16(12-6-13)24(27)28/h1-12H,(H,22,26)(H,23,25). The van der Waals surface area contributed by atoms with Crippen molar-refractivity contribution in [2.24, 2.45) is 0 Å². The molecule has 140 valence electrons. The third kappa shape index (κ3) is 4.36. The van der Waals surface area contributed by atoms with Crippen LogP contribution in [-0.2, 0) is 0 Å².